The maximum Gasteiger partial charge on any atom is 0.279 e. The third-order valence-electron chi connectivity index (χ3n) is 3.40. The summed E-state index contributed by atoms with van der Waals surface area (Å²) < 4.78 is 31.3. The van der Waals surface area contributed by atoms with Gasteiger partial charge < -0.3 is 15.0 Å². The summed E-state index contributed by atoms with van der Waals surface area (Å²) in [4.78, 5) is 12.9. The van der Waals surface area contributed by atoms with Crippen molar-refractivity contribution in [1.82, 2.24) is 0 Å². The highest BCUT2D eigenvalue weighted by molar-refractivity contribution is 5.91. The van der Waals surface area contributed by atoms with Gasteiger partial charge in [0.25, 0.3) is 5.91 Å². The third-order valence-corrected chi connectivity index (χ3v) is 3.40. The van der Waals surface area contributed by atoms with E-state index >= 15 is 0 Å². The molecule has 24 heavy (non-hydrogen) atoms. The van der Waals surface area contributed by atoms with Crippen molar-refractivity contribution < 1.29 is 23.2 Å². The van der Waals surface area contributed by atoms with Gasteiger partial charge in [-0.25, -0.2) is 8.78 Å². The van der Waals surface area contributed by atoms with E-state index in [1.165, 1.54) is 24.3 Å². The first-order valence-electron chi connectivity index (χ1n) is 7.78. The van der Waals surface area contributed by atoms with Crippen LogP contribution >= 0.6 is 0 Å². The smallest absolute Gasteiger partial charge is 0.279 e. The first kappa shape index (κ1) is 17.9. The SMILES string of the molecule is C[NH+](CCCOc1ccc(F)cc1)CC(=O)Nc1cccc(F)c1. The van der Waals surface area contributed by atoms with Crippen molar-refractivity contribution in [2.75, 3.05) is 32.1 Å². The lowest BCUT2D eigenvalue weighted by Crippen LogP contribution is -3.10. The van der Waals surface area contributed by atoms with Gasteiger partial charge in [0, 0.05) is 12.1 Å². The van der Waals surface area contributed by atoms with Gasteiger partial charge in [-0.2, -0.15) is 0 Å². The summed E-state index contributed by atoms with van der Waals surface area (Å²) in [6, 6.07) is 11.7. The molecule has 0 heterocycles. The first-order chi connectivity index (χ1) is 11.5. The fraction of sp³-hybridized carbons (Fsp3) is 0.278. The van der Waals surface area contributed by atoms with Gasteiger partial charge in [0.05, 0.1) is 20.2 Å². The summed E-state index contributed by atoms with van der Waals surface area (Å²) in [7, 11) is 1.91. The zero-order valence-corrected chi connectivity index (χ0v) is 13.5. The van der Waals surface area contributed by atoms with Gasteiger partial charge in [-0.15, -0.1) is 0 Å². The quantitative estimate of drug-likeness (QED) is 0.724. The molecule has 2 aromatic carbocycles. The Morgan fingerprint density at radius 1 is 1.12 bits per heavy atom. The van der Waals surface area contributed by atoms with Crippen molar-refractivity contribution in [1.29, 1.82) is 0 Å². The number of carbonyl (C=O) groups excluding carboxylic acids is 1. The highest BCUT2D eigenvalue weighted by Crippen LogP contribution is 2.11. The monoisotopic (exact) mass is 335 g/mol. The molecule has 0 fully saturated rings. The second-order valence-electron chi connectivity index (χ2n) is 5.60. The van der Waals surface area contributed by atoms with E-state index in [2.05, 4.69) is 5.32 Å². The number of halogens is 2. The van der Waals surface area contributed by atoms with Gasteiger partial charge in [-0.1, -0.05) is 6.07 Å². The van der Waals surface area contributed by atoms with Crippen LogP contribution in [0.3, 0.4) is 0 Å². The molecule has 0 spiro atoms. The molecule has 2 rings (SSSR count). The molecular weight excluding hydrogens is 314 g/mol. The number of quaternary nitrogens is 1. The second-order valence-corrected chi connectivity index (χ2v) is 5.60. The highest BCUT2D eigenvalue weighted by atomic mass is 19.1. The van der Waals surface area contributed by atoms with Crippen LogP contribution in [0.4, 0.5) is 14.5 Å². The summed E-state index contributed by atoms with van der Waals surface area (Å²) in [6.45, 7) is 1.53. The topological polar surface area (TPSA) is 42.8 Å². The molecule has 1 atom stereocenters. The molecule has 1 unspecified atom stereocenters. The van der Waals surface area contributed by atoms with Crippen molar-refractivity contribution in [2.45, 2.75) is 6.42 Å². The van der Waals surface area contributed by atoms with Crippen LogP contribution in [-0.4, -0.2) is 32.7 Å². The fourth-order valence-corrected chi connectivity index (χ4v) is 2.23. The van der Waals surface area contributed by atoms with E-state index in [0.717, 1.165) is 17.9 Å². The predicted molar refractivity (Wildman–Crippen MR) is 88.2 cm³/mol. The molecular formula is C18H21F2N2O2+. The summed E-state index contributed by atoms with van der Waals surface area (Å²) in [5.41, 5.74) is 0.451. The Hall–Kier alpha value is -2.47. The number of likely N-dealkylation sites (N-methyl/N-ethyl adjacent to an activating group) is 1. The van der Waals surface area contributed by atoms with E-state index in [1.807, 2.05) is 7.05 Å². The molecule has 0 saturated carbocycles. The summed E-state index contributed by atoms with van der Waals surface area (Å²) in [5.74, 6) is -0.224. The number of rotatable bonds is 8. The zero-order valence-electron chi connectivity index (χ0n) is 13.5. The van der Waals surface area contributed by atoms with Crippen LogP contribution in [0.5, 0.6) is 5.75 Å². The normalized spacial score (nSPS) is 11.8. The van der Waals surface area contributed by atoms with Crippen molar-refractivity contribution in [2.24, 2.45) is 0 Å². The Labute approximate surface area is 140 Å². The second kappa shape index (κ2) is 8.98. The van der Waals surface area contributed by atoms with Gasteiger partial charge in [-0.05, 0) is 42.5 Å². The molecule has 0 aliphatic heterocycles. The number of carbonyl (C=O) groups is 1. The van der Waals surface area contributed by atoms with Gasteiger partial charge in [0.2, 0.25) is 0 Å². The molecule has 0 aromatic heterocycles. The van der Waals surface area contributed by atoms with E-state index < -0.39 is 0 Å². The minimum Gasteiger partial charge on any atom is -0.493 e. The number of anilines is 1. The third kappa shape index (κ3) is 6.34. The first-order valence-corrected chi connectivity index (χ1v) is 7.78. The van der Waals surface area contributed by atoms with Crippen LogP contribution in [0.1, 0.15) is 6.42 Å². The van der Waals surface area contributed by atoms with Crippen LogP contribution in [0.15, 0.2) is 48.5 Å². The van der Waals surface area contributed by atoms with Crippen LogP contribution in [0.25, 0.3) is 0 Å². The van der Waals surface area contributed by atoms with Crippen molar-refractivity contribution >= 4 is 11.6 Å². The van der Waals surface area contributed by atoms with Gasteiger partial charge in [0.1, 0.15) is 17.4 Å². The molecule has 0 radical (unpaired) electrons. The standard InChI is InChI=1S/C18H20F2N2O2/c1-22(10-3-11-24-17-8-6-14(19)7-9-17)13-18(23)21-16-5-2-4-15(20)12-16/h2,4-9,12H,3,10-11,13H2,1H3,(H,21,23)/p+1. The Bertz CT molecular complexity index is 662. The minimum absolute atomic E-state index is 0.169. The summed E-state index contributed by atoms with van der Waals surface area (Å²) in [6.07, 6.45) is 0.760. The van der Waals surface area contributed by atoms with E-state index in [0.29, 0.717) is 18.0 Å². The largest absolute Gasteiger partial charge is 0.493 e. The zero-order chi connectivity index (χ0) is 17.4. The molecule has 1 amide bonds. The summed E-state index contributed by atoms with van der Waals surface area (Å²) >= 11 is 0. The van der Waals surface area contributed by atoms with Gasteiger partial charge >= 0.3 is 0 Å². The molecule has 0 aliphatic carbocycles. The number of hydrogen-bond acceptors (Lipinski definition) is 2. The molecule has 0 aliphatic rings. The van der Waals surface area contributed by atoms with Crippen molar-refractivity contribution in [3.05, 3.63) is 60.2 Å². The maximum atomic E-state index is 13.1. The van der Waals surface area contributed by atoms with E-state index in [4.69, 9.17) is 4.74 Å². The number of benzene rings is 2. The average molecular weight is 335 g/mol. The fourth-order valence-electron chi connectivity index (χ4n) is 2.23. The Morgan fingerprint density at radius 2 is 1.88 bits per heavy atom. The lowest BCUT2D eigenvalue weighted by Gasteiger charge is -2.14. The van der Waals surface area contributed by atoms with Crippen molar-refractivity contribution in [3.63, 3.8) is 0 Å². The van der Waals surface area contributed by atoms with Crippen LogP contribution < -0.4 is 15.0 Å². The lowest BCUT2D eigenvalue weighted by molar-refractivity contribution is -0.871. The maximum absolute atomic E-state index is 13.1. The minimum atomic E-state index is -0.383. The Kier molecular flexibility index (Phi) is 6.69. The number of ether oxygens (including phenoxy) is 1. The molecule has 128 valence electrons. The predicted octanol–water partition coefficient (Wildman–Crippen LogP) is 1.89. The average Bonchev–Trinajstić information content (AvgIpc) is 2.53. The molecule has 0 bridgehead atoms. The highest BCUT2D eigenvalue weighted by Gasteiger charge is 2.10. The van der Waals surface area contributed by atoms with Crippen LogP contribution in [-0.2, 0) is 4.79 Å². The Morgan fingerprint density at radius 3 is 2.58 bits per heavy atom. The number of amides is 1. The lowest BCUT2D eigenvalue weighted by atomic mass is 10.3. The number of nitrogens with one attached hydrogen (secondary N) is 2. The van der Waals surface area contributed by atoms with Crippen LogP contribution in [0.2, 0.25) is 0 Å². The van der Waals surface area contributed by atoms with Crippen LogP contribution in [0, 0.1) is 11.6 Å². The van der Waals surface area contributed by atoms with Gasteiger partial charge in [-0.3, -0.25) is 4.79 Å². The van der Waals surface area contributed by atoms with E-state index in [1.54, 1.807) is 24.3 Å². The summed E-state index contributed by atoms with van der Waals surface area (Å²) in [5, 5.41) is 2.67. The Balaban J connectivity index is 1.64. The molecule has 4 nitrogen and oxygen atoms in total. The van der Waals surface area contributed by atoms with Gasteiger partial charge in [0.15, 0.2) is 6.54 Å². The number of hydrogen-bond donors (Lipinski definition) is 2. The van der Waals surface area contributed by atoms with E-state index in [9.17, 15) is 13.6 Å². The molecule has 6 heteroatoms. The molecule has 2 N–H and O–H groups in total. The molecule has 2 aromatic rings. The van der Waals surface area contributed by atoms with Crippen molar-refractivity contribution in [3.8, 4) is 5.75 Å². The van der Waals surface area contributed by atoms with E-state index in [-0.39, 0.29) is 24.1 Å². The molecule has 0 saturated heterocycles.